The minimum absolute atomic E-state index is 0.223. The highest BCUT2D eigenvalue weighted by Crippen LogP contribution is 2.25. The van der Waals surface area contributed by atoms with Crippen molar-refractivity contribution in [2.75, 3.05) is 5.73 Å². The van der Waals surface area contributed by atoms with Gasteiger partial charge in [-0.2, -0.15) is 15.0 Å². The van der Waals surface area contributed by atoms with Gasteiger partial charge in [0, 0.05) is 7.05 Å². The van der Waals surface area contributed by atoms with Gasteiger partial charge >= 0.3 is 0 Å². The standard InChI is InChI=1S/C7H7ClN6/c1-14-12-2-4(13-14)6-5(9)7(8)11-3-10-6/h2-3H,9H2,1H3. The maximum atomic E-state index is 5.74. The molecule has 2 N–H and O–H groups in total. The van der Waals surface area contributed by atoms with Gasteiger partial charge in [-0.15, -0.1) is 0 Å². The Kier molecular flexibility index (Phi) is 2.05. The largest absolute Gasteiger partial charge is 0.394 e. The molecular formula is C7H7ClN6. The van der Waals surface area contributed by atoms with E-state index in [0.29, 0.717) is 17.1 Å². The first-order valence-electron chi connectivity index (χ1n) is 3.81. The number of nitrogens with two attached hydrogens (primary N) is 1. The molecule has 2 heterocycles. The third-order valence-electron chi connectivity index (χ3n) is 1.68. The molecule has 0 radical (unpaired) electrons. The van der Waals surface area contributed by atoms with Gasteiger partial charge < -0.3 is 5.73 Å². The smallest absolute Gasteiger partial charge is 0.156 e. The molecule has 2 aromatic rings. The van der Waals surface area contributed by atoms with Crippen molar-refractivity contribution in [1.82, 2.24) is 25.0 Å². The highest BCUT2D eigenvalue weighted by molar-refractivity contribution is 6.32. The van der Waals surface area contributed by atoms with Crippen LogP contribution in [0.25, 0.3) is 11.4 Å². The monoisotopic (exact) mass is 210 g/mol. The number of halogens is 1. The van der Waals surface area contributed by atoms with Crippen molar-refractivity contribution in [3.8, 4) is 11.4 Å². The van der Waals surface area contributed by atoms with E-state index in [0.717, 1.165) is 0 Å². The number of aromatic nitrogens is 5. The predicted octanol–water partition coefficient (Wildman–Crippen LogP) is 0.508. The SMILES string of the molecule is Cn1ncc(-c2ncnc(Cl)c2N)n1. The number of nitrogens with zero attached hydrogens (tertiary/aromatic N) is 5. The van der Waals surface area contributed by atoms with Gasteiger partial charge in [-0.05, 0) is 0 Å². The lowest BCUT2D eigenvalue weighted by Gasteiger charge is -2.00. The Bertz CT molecular complexity index is 465. The topological polar surface area (TPSA) is 82.5 Å². The van der Waals surface area contributed by atoms with Crippen LogP contribution in [0.2, 0.25) is 5.15 Å². The Morgan fingerprint density at radius 2 is 2.21 bits per heavy atom. The lowest BCUT2D eigenvalue weighted by atomic mass is 10.3. The summed E-state index contributed by atoms with van der Waals surface area (Å²) in [5.41, 5.74) is 7.08. The Morgan fingerprint density at radius 3 is 2.86 bits per heavy atom. The molecule has 0 saturated carbocycles. The average Bonchev–Trinajstić information content (AvgIpc) is 2.57. The molecule has 0 aromatic carbocycles. The van der Waals surface area contributed by atoms with Gasteiger partial charge in [0.2, 0.25) is 0 Å². The van der Waals surface area contributed by atoms with Gasteiger partial charge in [-0.1, -0.05) is 11.6 Å². The molecule has 6 nitrogen and oxygen atoms in total. The highest BCUT2D eigenvalue weighted by Gasteiger charge is 2.10. The summed E-state index contributed by atoms with van der Waals surface area (Å²) in [6.45, 7) is 0. The predicted molar refractivity (Wildman–Crippen MR) is 51.5 cm³/mol. The molecule has 72 valence electrons. The van der Waals surface area contributed by atoms with Gasteiger partial charge in [0.15, 0.2) is 5.15 Å². The summed E-state index contributed by atoms with van der Waals surface area (Å²) in [6.07, 6.45) is 2.90. The fourth-order valence-electron chi connectivity index (χ4n) is 1.03. The average molecular weight is 211 g/mol. The molecule has 0 saturated heterocycles. The first-order valence-corrected chi connectivity index (χ1v) is 4.19. The van der Waals surface area contributed by atoms with Crippen LogP contribution < -0.4 is 5.73 Å². The van der Waals surface area contributed by atoms with Crippen molar-refractivity contribution >= 4 is 17.3 Å². The number of rotatable bonds is 1. The minimum Gasteiger partial charge on any atom is -0.394 e. The van der Waals surface area contributed by atoms with Crippen LogP contribution in [0.3, 0.4) is 0 Å². The second-order valence-corrected chi connectivity index (χ2v) is 3.00. The highest BCUT2D eigenvalue weighted by atomic mass is 35.5. The Morgan fingerprint density at radius 1 is 1.43 bits per heavy atom. The number of hydrogen-bond acceptors (Lipinski definition) is 5. The van der Waals surface area contributed by atoms with Crippen molar-refractivity contribution in [2.45, 2.75) is 0 Å². The summed E-state index contributed by atoms with van der Waals surface area (Å²) in [4.78, 5) is 9.15. The molecule has 0 atom stereocenters. The summed E-state index contributed by atoms with van der Waals surface area (Å²) in [5, 5.41) is 8.19. The summed E-state index contributed by atoms with van der Waals surface area (Å²) in [7, 11) is 1.71. The molecule has 2 aromatic heterocycles. The summed E-state index contributed by atoms with van der Waals surface area (Å²) < 4.78 is 0. The zero-order valence-electron chi connectivity index (χ0n) is 7.35. The van der Waals surface area contributed by atoms with E-state index in [1.54, 1.807) is 13.2 Å². The van der Waals surface area contributed by atoms with Gasteiger partial charge in [0.25, 0.3) is 0 Å². The van der Waals surface area contributed by atoms with E-state index in [-0.39, 0.29) is 5.15 Å². The molecule has 0 amide bonds. The second kappa shape index (κ2) is 3.22. The van der Waals surface area contributed by atoms with Crippen LogP contribution in [0.5, 0.6) is 0 Å². The zero-order chi connectivity index (χ0) is 10.1. The maximum Gasteiger partial charge on any atom is 0.156 e. The van der Waals surface area contributed by atoms with E-state index in [4.69, 9.17) is 17.3 Å². The minimum atomic E-state index is 0.223. The van der Waals surface area contributed by atoms with E-state index >= 15 is 0 Å². The van der Waals surface area contributed by atoms with E-state index in [2.05, 4.69) is 20.2 Å². The van der Waals surface area contributed by atoms with Crippen LogP contribution in [-0.4, -0.2) is 25.0 Å². The lowest BCUT2D eigenvalue weighted by molar-refractivity contribution is 0.655. The van der Waals surface area contributed by atoms with Gasteiger partial charge in [-0.25, -0.2) is 9.97 Å². The molecule has 0 bridgehead atoms. The van der Waals surface area contributed by atoms with Crippen molar-refractivity contribution in [3.63, 3.8) is 0 Å². The van der Waals surface area contributed by atoms with Crippen LogP contribution in [0.4, 0.5) is 5.69 Å². The molecule has 0 aliphatic heterocycles. The van der Waals surface area contributed by atoms with Gasteiger partial charge in [0.1, 0.15) is 17.7 Å². The maximum absolute atomic E-state index is 5.74. The molecular weight excluding hydrogens is 204 g/mol. The van der Waals surface area contributed by atoms with E-state index in [1.165, 1.54) is 11.1 Å². The Balaban J connectivity index is 2.57. The summed E-state index contributed by atoms with van der Waals surface area (Å²) in [6, 6.07) is 0. The van der Waals surface area contributed by atoms with Crippen LogP contribution in [0.15, 0.2) is 12.5 Å². The molecule has 14 heavy (non-hydrogen) atoms. The van der Waals surface area contributed by atoms with Crippen molar-refractivity contribution in [2.24, 2.45) is 7.05 Å². The molecule has 2 rings (SSSR count). The van der Waals surface area contributed by atoms with Gasteiger partial charge in [0.05, 0.1) is 11.9 Å². The first kappa shape index (κ1) is 8.89. The molecule has 0 aliphatic rings. The third kappa shape index (κ3) is 1.39. The molecule has 0 aliphatic carbocycles. The number of hydrogen-bond donors (Lipinski definition) is 1. The second-order valence-electron chi connectivity index (χ2n) is 2.65. The van der Waals surface area contributed by atoms with Crippen LogP contribution in [-0.2, 0) is 7.05 Å². The zero-order valence-corrected chi connectivity index (χ0v) is 8.10. The van der Waals surface area contributed by atoms with E-state index < -0.39 is 0 Å². The Hall–Kier alpha value is -1.69. The van der Waals surface area contributed by atoms with E-state index in [9.17, 15) is 0 Å². The summed E-state index contributed by atoms with van der Waals surface area (Å²) >= 11 is 5.74. The van der Waals surface area contributed by atoms with Crippen molar-refractivity contribution < 1.29 is 0 Å². The first-order chi connectivity index (χ1) is 6.68. The normalized spacial score (nSPS) is 10.4. The Labute approximate surface area is 84.7 Å². The molecule has 0 spiro atoms. The van der Waals surface area contributed by atoms with Crippen molar-refractivity contribution in [3.05, 3.63) is 17.7 Å². The molecule has 7 heteroatoms. The quantitative estimate of drug-likeness (QED) is 0.694. The molecule has 0 unspecified atom stereocenters. The van der Waals surface area contributed by atoms with E-state index in [1.807, 2.05) is 0 Å². The lowest BCUT2D eigenvalue weighted by Crippen LogP contribution is -1.98. The van der Waals surface area contributed by atoms with Crippen molar-refractivity contribution in [1.29, 1.82) is 0 Å². The van der Waals surface area contributed by atoms with Crippen LogP contribution in [0, 0.1) is 0 Å². The fraction of sp³-hybridized carbons (Fsp3) is 0.143. The summed E-state index contributed by atoms with van der Waals surface area (Å²) in [5.74, 6) is 0. The number of aryl methyl sites for hydroxylation is 1. The van der Waals surface area contributed by atoms with Gasteiger partial charge in [-0.3, -0.25) is 0 Å². The fourth-order valence-corrected chi connectivity index (χ4v) is 1.17. The van der Waals surface area contributed by atoms with Crippen LogP contribution in [0.1, 0.15) is 0 Å². The molecule has 0 fully saturated rings. The third-order valence-corrected chi connectivity index (χ3v) is 1.98. The number of anilines is 1. The number of nitrogen functional groups attached to an aromatic ring is 1. The van der Waals surface area contributed by atoms with Crippen LogP contribution >= 0.6 is 11.6 Å².